The predicted molar refractivity (Wildman–Crippen MR) is 121 cm³/mol. The van der Waals surface area contributed by atoms with Gasteiger partial charge < -0.3 is 5.32 Å². The maximum Gasteiger partial charge on any atom is 0.228 e. The molecular formula is C25H30N4O. The molecule has 1 fully saturated rings. The van der Waals surface area contributed by atoms with E-state index in [1.54, 1.807) is 0 Å². The van der Waals surface area contributed by atoms with E-state index in [1.165, 1.54) is 22.4 Å². The fraction of sp³-hybridized carbons (Fsp3) is 0.360. The van der Waals surface area contributed by atoms with Crippen molar-refractivity contribution in [3.63, 3.8) is 0 Å². The zero-order chi connectivity index (χ0) is 21.1. The Morgan fingerprint density at radius 3 is 2.63 bits per heavy atom. The zero-order valence-electron chi connectivity index (χ0n) is 18.1. The largest absolute Gasteiger partial charge is 0.326 e. The van der Waals surface area contributed by atoms with Crippen LogP contribution in [0.2, 0.25) is 0 Å². The normalized spacial score (nSPS) is 17.1. The van der Waals surface area contributed by atoms with Gasteiger partial charge in [0.2, 0.25) is 5.91 Å². The van der Waals surface area contributed by atoms with Crippen LogP contribution in [0.25, 0.3) is 11.1 Å². The Hall–Kier alpha value is -2.92. The highest BCUT2D eigenvalue weighted by Gasteiger charge is 2.26. The monoisotopic (exact) mass is 402 g/mol. The molecule has 0 radical (unpaired) electrons. The average Bonchev–Trinajstić information content (AvgIpc) is 3.06. The number of carbonyl (C=O) groups excluding carboxylic acids is 1. The van der Waals surface area contributed by atoms with Crippen LogP contribution in [0, 0.1) is 19.8 Å². The van der Waals surface area contributed by atoms with Crippen molar-refractivity contribution in [1.82, 2.24) is 14.7 Å². The minimum atomic E-state index is 0.0124. The summed E-state index contributed by atoms with van der Waals surface area (Å²) in [6.45, 7) is 6.86. The Morgan fingerprint density at radius 2 is 1.90 bits per heavy atom. The number of hydrogen-bond acceptors (Lipinski definition) is 3. The second kappa shape index (κ2) is 8.84. The number of benzene rings is 2. The van der Waals surface area contributed by atoms with Crippen molar-refractivity contribution in [1.29, 1.82) is 0 Å². The molecule has 156 valence electrons. The van der Waals surface area contributed by atoms with Gasteiger partial charge in [-0.05, 0) is 56.5 Å². The van der Waals surface area contributed by atoms with Crippen molar-refractivity contribution in [3.8, 4) is 11.1 Å². The summed E-state index contributed by atoms with van der Waals surface area (Å²) in [6.07, 6.45) is 3.92. The van der Waals surface area contributed by atoms with Crippen LogP contribution < -0.4 is 5.32 Å². The molecule has 1 N–H and O–H groups in total. The molecule has 0 aliphatic carbocycles. The predicted octanol–water partition coefficient (Wildman–Crippen LogP) is 4.55. The molecule has 2 heterocycles. The molecule has 2 aromatic carbocycles. The average molecular weight is 403 g/mol. The van der Waals surface area contributed by atoms with Crippen molar-refractivity contribution in [2.24, 2.45) is 13.0 Å². The quantitative estimate of drug-likeness (QED) is 0.681. The lowest BCUT2D eigenvalue weighted by molar-refractivity contribution is -0.121. The molecular weight excluding hydrogens is 372 g/mol. The summed E-state index contributed by atoms with van der Waals surface area (Å²) < 4.78 is 1.91. The topological polar surface area (TPSA) is 50.2 Å². The van der Waals surface area contributed by atoms with Crippen LogP contribution in [0.4, 0.5) is 5.69 Å². The van der Waals surface area contributed by atoms with E-state index >= 15 is 0 Å². The molecule has 1 saturated heterocycles. The standard InChI is InChI=1S/C25H30N4O/c1-18-7-4-8-20(13-18)21-9-5-11-24(14-21)27-25(30)22-10-6-12-29(16-22)17-23-15-26-28(3)19(23)2/h4-5,7-9,11,13-15,22H,6,10,12,16-17H2,1-3H3,(H,27,30)/t22-/m0/s1. The lowest BCUT2D eigenvalue weighted by atomic mass is 9.96. The molecule has 4 rings (SSSR count). The fourth-order valence-corrected chi connectivity index (χ4v) is 4.20. The van der Waals surface area contributed by atoms with E-state index in [-0.39, 0.29) is 11.8 Å². The number of anilines is 1. The highest BCUT2D eigenvalue weighted by atomic mass is 16.1. The second-order valence-corrected chi connectivity index (χ2v) is 8.39. The summed E-state index contributed by atoms with van der Waals surface area (Å²) in [5.74, 6) is 0.127. The Morgan fingerprint density at radius 1 is 1.13 bits per heavy atom. The number of aromatic nitrogens is 2. The maximum atomic E-state index is 13.0. The lowest BCUT2D eigenvalue weighted by Gasteiger charge is -2.31. The number of hydrogen-bond donors (Lipinski definition) is 1. The minimum absolute atomic E-state index is 0.0124. The highest BCUT2D eigenvalue weighted by molar-refractivity contribution is 5.93. The van der Waals surface area contributed by atoms with E-state index in [2.05, 4.69) is 65.6 Å². The van der Waals surface area contributed by atoms with E-state index in [0.29, 0.717) is 0 Å². The van der Waals surface area contributed by atoms with E-state index in [0.717, 1.165) is 43.7 Å². The molecule has 1 aliphatic rings. The Kier molecular flexibility index (Phi) is 6.00. The van der Waals surface area contributed by atoms with Gasteiger partial charge in [0, 0.05) is 37.1 Å². The minimum Gasteiger partial charge on any atom is -0.326 e. The van der Waals surface area contributed by atoms with Gasteiger partial charge in [-0.3, -0.25) is 14.4 Å². The molecule has 5 nitrogen and oxygen atoms in total. The first-order valence-corrected chi connectivity index (χ1v) is 10.7. The summed E-state index contributed by atoms with van der Waals surface area (Å²) >= 11 is 0. The summed E-state index contributed by atoms with van der Waals surface area (Å²) in [5.41, 5.74) is 6.81. The van der Waals surface area contributed by atoms with Crippen molar-refractivity contribution in [2.45, 2.75) is 33.2 Å². The first-order chi connectivity index (χ1) is 14.5. The van der Waals surface area contributed by atoms with Crippen LogP contribution in [0.1, 0.15) is 29.7 Å². The van der Waals surface area contributed by atoms with Gasteiger partial charge in [0.15, 0.2) is 0 Å². The van der Waals surface area contributed by atoms with Gasteiger partial charge >= 0.3 is 0 Å². The molecule has 0 spiro atoms. The maximum absolute atomic E-state index is 13.0. The molecule has 3 aromatic rings. The number of amides is 1. The summed E-state index contributed by atoms with van der Waals surface area (Å²) in [7, 11) is 1.97. The number of carbonyl (C=O) groups is 1. The summed E-state index contributed by atoms with van der Waals surface area (Å²) in [6, 6.07) is 16.6. The number of nitrogens with zero attached hydrogens (tertiary/aromatic N) is 3. The molecule has 1 aromatic heterocycles. The first-order valence-electron chi connectivity index (χ1n) is 10.7. The van der Waals surface area contributed by atoms with Crippen LogP contribution in [0.5, 0.6) is 0 Å². The van der Waals surface area contributed by atoms with Gasteiger partial charge in [-0.2, -0.15) is 5.10 Å². The smallest absolute Gasteiger partial charge is 0.228 e. The molecule has 5 heteroatoms. The van der Waals surface area contributed by atoms with E-state index in [9.17, 15) is 4.79 Å². The molecule has 1 amide bonds. The van der Waals surface area contributed by atoms with Gasteiger partial charge in [-0.25, -0.2) is 0 Å². The van der Waals surface area contributed by atoms with Gasteiger partial charge in [-0.15, -0.1) is 0 Å². The highest BCUT2D eigenvalue weighted by Crippen LogP contribution is 2.25. The Balaban J connectivity index is 1.41. The fourth-order valence-electron chi connectivity index (χ4n) is 4.20. The van der Waals surface area contributed by atoms with Crippen molar-refractivity contribution < 1.29 is 4.79 Å². The second-order valence-electron chi connectivity index (χ2n) is 8.39. The Bertz CT molecular complexity index is 1040. The molecule has 0 unspecified atom stereocenters. The van der Waals surface area contributed by atoms with Gasteiger partial charge in [0.25, 0.3) is 0 Å². The van der Waals surface area contributed by atoms with E-state index in [1.807, 2.05) is 30.1 Å². The van der Waals surface area contributed by atoms with Gasteiger partial charge in [-0.1, -0.05) is 42.0 Å². The van der Waals surface area contributed by atoms with Crippen LogP contribution >= 0.6 is 0 Å². The number of nitrogens with one attached hydrogen (secondary N) is 1. The molecule has 1 aliphatic heterocycles. The Labute approximate surface area is 178 Å². The third-order valence-electron chi connectivity index (χ3n) is 6.09. The number of aryl methyl sites for hydroxylation is 2. The van der Waals surface area contributed by atoms with Crippen LogP contribution in [0.3, 0.4) is 0 Å². The van der Waals surface area contributed by atoms with Crippen LogP contribution in [-0.4, -0.2) is 33.7 Å². The number of piperidine rings is 1. The molecule has 0 saturated carbocycles. The molecule has 0 bridgehead atoms. The van der Waals surface area contributed by atoms with E-state index in [4.69, 9.17) is 0 Å². The van der Waals surface area contributed by atoms with Gasteiger partial charge in [0.05, 0.1) is 12.1 Å². The summed E-state index contributed by atoms with van der Waals surface area (Å²) in [4.78, 5) is 15.4. The van der Waals surface area contributed by atoms with E-state index < -0.39 is 0 Å². The number of likely N-dealkylation sites (tertiary alicyclic amines) is 1. The lowest BCUT2D eigenvalue weighted by Crippen LogP contribution is -2.40. The third-order valence-corrected chi connectivity index (χ3v) is 6.09. The summed E-state index contributed by atoms with van der Waals surface area (Å²) in [5, 5.41) is 7.50. The van der Waals surface area contributed by atoms with Crippen LogP contribution in [-0.2, 0) is 18.4 Å². The van der Waals surface area contributed by atoms with Crippen LogP contribution in [0.15, 0.2) is 54.7 Å². The molecule has 30 heavy (non-hydrogen) atoms. The molecule has 1 atom stereocenters. The third kappa shape index (κ3) is 4.62. The first kappa shape index (κ1) is 20.4. The van der Waals surface area contributed by atoms with Gasteiger partial charge in [0.1, 0.15) is 0 Å². The number of rotatable bonds is 5. The van der Waals surface area contributed by atoms with Crippen molar-refractivity contribution in [2.75, 3.05) is 18.4 Å². The van der Waals surface area contributed by atoms with Crippen molar-refractivity contribution in [3.05, 3.63) is 71.5 Å². The zero-order valence-corrected chi connectivity index (χ0v) is 18.1. The SMILES string of the molecule is Cc1cccc(-c2cccc(NC(=O)[C@H]3CCCN(Cc4cnn(C)c4C)C3)c2)c1. The van der Waals surface area contributed by atoms with Crippen molar-refractivity contribution >= 4 is 11.6 Å².